The number of hydrogen-bond donors (Lipinski definition) is 0. The first-order valence-electron chi connectivity index (χ1n) is 7.20. The van der Waals surface area contributed by atoms with Gasteiger partial charge in [0.1, 0.15) is 12.0 Å². The number of carbonyl (C=O) groups is 1. The topological polar surface area (TPSA) is 29.5 Å². The lowest BCUT2D eigenvalue weighted by molar-refractivity contribution is -0.107. The Balaban J connectivity index is 2.24. The van der Waals surface area contributed by atoms with Crippen LogP contribution < -0.4 is 9.64 Å². The third-order valence-electron chi connectivity index (χ3n) is 3.77. The second kappa shape index (κ2) is 7.17. The summed E-state index contributed by atoms with van der Waals surface area (Å²) in [6, 6.07) is 6.20. The molecule has 0 amide bonds. The summed E-state index contributed by atoms with van der Waals surface area (Å²) >= 11 is 0. The summed E-state index contributed by atoms with van der Waals surface area (Å²) in [7, 11) is 1.70. The molecule has 0 aliphatic carbocycles. The van der Waals surface area contributed by atoms with Crippen molar-refractivity contribution >= 4 is 12.0 Å². The summed E-state index contributed by atoms with van der Waals surface area (Å²) in [5.41, 5.74) is 2.51. The van der Waals surface area contributed by atoms with Gasteiger partial charge in [0.15, 0.2) is 0 Å². The minimum atomic E-state index is 0.590. The Labute approximate surface area is 115 Å². The van der Waals surface area contributed by atoms with Crippen LogP contribution in [-0.4, -0.2) is 26.5 Å². The van der Waals surface area contributed by atoms with Gasteiger partial charge < -0.3 is 14.4 Å². The van der Waals surface area contributed by atoms with Gasteiger partial charge in [-0.15, -0.1) is 0 Å². The van der Waals surface area contributed by atoms with E-state index in [4.69, 9.17) is 4.74 Å². The summed E-state index contributed by atoms with van der Waals surface area (Å²) in [5, 5.41) is 0. The number of aldehydes is 1. The number of rotatable bonds is 5. The van der Waals surface area contributed by atoms with Crippen LogP contribution in [0, 0.1) is 0 Å². The molecule has 0 saturated carbocycles. The Morgan fingerprint density at radius 3 is 2.58 bits per heavy atom. The molecular weight excluding hydrogens is 238 g/mol. The van der Waals surface area contributed by atoms with E-state index in [0.717, 1.165) is 31.5 Å². The van der Waals surface area contributed by atoms with Gasteiger partial charge in [0.2, 0.25) is 0 Å². The van der Waals surface area contributed by atoms with E-state index in [9.17, 15) is 4.79 Å². The van der Waals surface area contributed by atoms with Crippen LogP contribution >= 0.6 is 0 Å². The molecule has 1 aromatic carbocycles. The van der Waals surface area contributed by atoms with Gasteiger partial charge in [0.25, 0.3) is 0 Å². The van der Waals surface area contributed by atoms with E-state index in [-0.39, 0.29) is 0 Å². The summed E-state index contributed by atoms with van der Waals surface area (Å²) in [5.74, 6) is 0.897. The molecule has 1 aromatic rings. The molecule has 1 aliphatic heterocycles. The quantitative estimate of drug-likeness (QED) is 0.762. The third kappa shape index (κ3) is 3.72. The number of ether oxygens (including phenoxy) is 1. The molecule has 19 heavy (non-hydrogen) atoms. The van der Waals surface area contributed by atoms with Crippen molar-refractivity contribution in [3.8, 4) is 5.75 Å². The van der Waals surface area contributed by atoms with E-state index in [2.05, 4.69) is 17.0 Å². The lowest BCUT2D eigenvalue weighted by Gasteiger charge is -2.26. The SMILES string of the molecule is COc1ccc(CCC=O)c(N2CCCCCC2)c1. The normalized spacial score (nSPS) is 15.9. The van der Waals surface area contributed by atoms with Crippen LogP contribution in [0.1, 0.15) is 37.7 Å². The molecule has 0 atom stereocenters. The molecule has 1 saturated heterocycles. The maximum Gasteiger partial charge on any atom is 0.120 e. The second-order valence-electron chi connectivity index (χ2n) is 5.10. The first-order chi connectivity index (χ1) is 9.35. The van der Waals surface area contributed by atoms with E-state index in [1.807, 2.05) is 6.07 Å². The molecule has 0 unspecified atom stereocenters. The largest absolute Gasteiger partial charge is 0.497 e. The molecule has 0 radical (unpaired) electrons. The number of aryl methyl sites for hydroxylation is 1. The van der Waals surface area contributed by atoms with Crippen LogP contribution in [0.2, 0.25) is 0 Å². The Morgan fingerprint density at radius 1 is 1.21 bits per heavy atom. The highest BCUT2D eigenvalue weighted by Crippen LogP contribution is 2.29. The monoisotopic (exact) mass is 261 g/mol. The van der Waals surface area contributed by atoms with Gasteiger partial charge in [0, 0.05) is 31.3 Å². The van der Waals surface area contributed by atoms with Crippen molar-refractivity contribution < 1.29 is 9.53 Å². The van der Waals surface area contributed by atoms with Crippen LogP contribution in [0.15, 0.2) is 18.2 Å². The summed E-state index contributed by atoms with van der Waals surface area (Å²) in [6.07, 6.45) is 7.56. The van der Waals surface area contributed by atoms with Gasteiger partial charge in [-0.3, -0.25) is 0 Å². The summed E-state index contributed by atoms with van der Waals surface area (Å²) in [4.78, 5) is 13.1. The molecule has 1 heterocycles. The number of methoxy groups -OCH3 is 1. The van der Waals surface area contributed by atoms with Crippen molar-refractivity contribution in [2.24, 2.45) is 0 Å². The van der Waals surface area contributed by atoms with Crippen molar-refractivity contribution in [1.82, 2.24) is 0 Å². The van der Waals surface area contributed by atoms with Crippen molar-refractivity contribution in [3.05, 3.63) is 23.8 Å². The number of benzene rings is 1. The lowest BCUT2D eigenvalue weighted by Crippen LogP contribution is -2.25. The maximum absolute atomic E-state index is 10.6. The molecule has 0 bridgehead atoms. The molecule has 0 aromatic heterocycles. The molecule has 3 nitrogen and oxygen atoms in total. The first-order valence-corrected chi connectivity index (χ1v) is 7.20. The van der Waals surface area contributed by atoms with Crippen LogP contribution in [-0.2, 0) is 11.2 Å². The van der Waals surface area contributed by atoms with Gasteiger partial charge in [0.05, 0.1) is 7.11 Å². The highest BCUT2D eigenvalue weighted by molar-refractivity contribution is 5.59. The lowest BCUT2D eigenvalue weighted by atomic mass is 10.1. The highest BCUT2D eigenvalue weighted by Gasteiger charge is 2.14. The van der Waals surface area contributed by atoms with Crippen LogP contribution in [0.25, 0.3) is 0 Å². The van der Waals surface area contributed by atoms with E-state index in [0.29, 0.717) is 6.42 Å². The van der Waals surface area contributed by atoms with Gasteiger partial charge in [-0.05, 0) is 30.9 Å². The second-order valence-corrected chi connectivity index (χ2v) is 5.10. The standard InChI is InChI=1S/C16H23NO2/c1-19-15-9-8-14(7-6-12-18)16(13-15)17-10-4-2-3-5-11-17/h8-9,12-13H,2-7,10-11H2,1H3. The van der Waals surface area contributed by atoms with Crippen LogP contribution in [0.5, 0.6) is 5.75 Å². The van der Waals surface area contributed by atoms with Gasteiger partial charge >= 0.3 is 0 Å². The smallest absolute Gasteiger partial charge is 0.120 e. The zero-order valence-corrected chi connectivity index (χ0v) is 11.7. The molecular formula is C16H23NO2. The van der Waals surface area contributed by atoms with Crippen molar-refractivity contribution in [3.63, 3.8) is 0 Å². The number of carbonyl (C=O) groups excluding carboxylic acids is 1. The van der Waals surface area contributed by atoms with Crippen molar-refractivity contribution in [2.75, 3.05) is 25.1 Å². The predicted octanol–water partition coefficient (Wildman–Crippen LogP) is 3.21. The molecule has 0 spiro atoms. The number of nitrogens with zero attached hydrogens (tertiary/aromatic N) is 1. The molecule has 1 fully saturated rings. The molecule has 3 heteroatoms. The Bertz CT molecular complexity index is 409. The third-order valence-corrected chi connectivity index (χ3v) is 3.77. The van der Waals surface area contributed by atoms with Crippen molar-refractivity contribution in [1.29, 1.82) is 0 Å². The first kappa shape index (κ1) is 13.9. The molecule has 2 rings (SSSR count). The summed E-state index contributed by atoms with van der Waals surface area (Å²) < 4.78 is 5.34. The van der Waals surface area contributed by atoms with E-state index < -0.39 is 0 Å². The van der Waals surface area contributed by atoms with Crippen molar-refractivity contribution in [2.45, 2.75) is 38.5 Å². The Hall–Kier alpha value is -1.51. The van der Waals surface area contributed by atoms with Gasteiger partial charge in [-0.2, -0.15) is 0 Å². The fourth-order valence-electron chi connectivity index (χ4n) is 2.70. The van der Waals surface area contributed by atoms with E-state index >= 15 is 0 Å². The molecule has 104 valence electrons. The van der Waals surface area contributed by atoms with Gasteiger partial charge in [-0.1, -0.05) is 18.9 Å². The Kier molecular flexibility index (Phi) is 5.25. The minimum Gasteiger partial charge on any atom is -0.497 e. The Morgan fingerprint density at radius 2 is 1.95 bits per heavy atom. The van der Waals surface area contributed by atoms with Gasteiger partial charge in [-0.25, -0.2) is 0 Å². The van der Waals surface area contributed by atoms with Crippen LogP contribution in [0.4, 0.5) is 5.69 Å². The highest BCUT2D eigenvalue weighted by atomic mass is 16.5. The summed E-state index contributed by atoms with van der Waals surface area (Å²) in [6.45, 7) is 2.22. The maximum atomic E-state index is 10.6. The predicted molar refractivity (Wildman–Crippen MR) is 78.1 cm³/mol. The van der Waals surface area contributed by atoms with E-state index in [1.54, 1.807) is 7.11 Å². The zero-order chi connectivity index (χ0) is 13.5. The average Bonchev–Trinajstić information content (AvgIpc) is 2.74. The zero-order valence-electron chi connectivity index (χ0n) is 11.7. The fourth-order valence-corrected chi connectivity index (χ4v) is 2.70. The number of hydrogen-bond acceptors (Lipinski definition) is 3. The molecule has 1 aliphatic rings. The van der Waals surface area contributed by atoms with Crippen LogP contribution in [0.3, 0.4) is 0 Å². The minimum absolute atomic E-state index is 0.590. The molecule has 0 N–H and O–H groups in total. The average molecular weight is 261 g/mol. The number of anilines is 1. The van der Waals surface area contributed by atoms with E-state index in [1.165, 1.54) is 36.9 Å². The fraction of sp³-hybridized carbons (Fsp3) is 0.562.